The molecule has 21 heavy (non-hydrogen) atoms. The topological polar surface area (TPSA) is 25.8 Å². The predicted molar refractivity (Wildman–Crippen MR) is 87.5 cm³/mol. The molecule has 1 aromatic carbocycles. The largest absolute Gasteiger partial charge is 0.236 e. The lowest BCUT2D eigenvalue weighted by molar-refractivity contribution is 0.625. The van der Waals surface area contributed by atoms with Gasteiger partial charge in [0.1, 0.15) is 16.8 Å². The Kier molecular flexibility index (Phi) is 5.58. The highest BCUT2D eigenvalue weighted by Crippen LogP contribution is 2.27. The van der Waals surface area contributed by atoms with E-state index in [0.29, 0.717) is 28.3 Å². The van der Waals surface area contributed by atoms with Crippen LogP contribution in [0, 0.1) is 11.7 Å². The molecular weight excluding hydrogens is 378 g/mol. The molecule has 112 valence electrons. The standard InChI is InChI=1S/C15H14BrCl2FN2/c1-8(2)5-12-14(16)15(18)21-13(20-12)6-9-3-4-10(19)7-11(9)17/h3-4,7-8H,5-6H2,1-2H3. The normalized spacial score (nSPS) is 11.2. The molecule has 0 aliphatic heterocycles. The Morgan fingerprint density at radius 2 is 1.95 bits per heavy atom. The summed E-state index contributed by atoms with van der Waals surface area (Å²) in [5.41, 5.74) is 1.64. The molecule has 0 saturated heterocycles. The van der Waals surface area contributed by atoms with Gasteiger partial charge in [-0.05, 0) is 46.0 Å². The van der Waals surface area contributed by atoms with E-state index in [1.807, 2.05) is 0 Å². The molecular formula is C15H14BrCl2FN2. The Balaban J connectivity index is 2.33. The van der Waals surface area contributed by atoms with Gasteiger partial charge in [0.15, 0.2) is 0 Å². The number of rotatable bonds is 4. The Morgan fingerprint density at radius 3 is 2.57 bits per heavy atom. The van der Waals surface area contributed by atoms with E-state index in [0.717, 1.165) is 22.2 Å². The molecule has 0 bridgehead atoms. The summed E-state index contributed by atoms with van der Waals surface area (Å²) in [5.74, 6) is 0.667. The predicted octanol–water partition coefficient (Wildman–Crippen LogP) is 5.47. The van der Waals surface area contributed by atoms with Crippen molar-refractivity contribution in [3.8, 4) is 0 Å². The minimum atomic E-state index is -0.362. The highest BCUT2D eigenvalue weighted by atomic mass is 79.9. The highest BCUT2D eigenvalue weighted by Gasteiger charge is 2.13. The average Bonchev–Trinajstić information content (AvgIpc) is 2.38. The average molecular weight is 392 g/mol. The second kappa shape index (κ2) is 7.03. The molecule has 0 unspecified atom stereocenters. The van der Waals surface area contributed by atoms with Crippen LogP contribution < -0.4 is 0 Å². The SMILES string of the molecule is CC(C)Cc1nc(Cc2ccc(F)cc2Cl)nc(Cl)c1Br. The monoisotopic (exact) mass is 390 g/mol. The van der Waals surface area contributed by atoms with Crippen molar-refractivity contribution in [2.45, 2.75) is 26.7 Å². The van der Waals surface area contributed by atoms with Gasteiger partial charge in [-0.15, -0.1) is 0 Å². The molecule has 1 aromatic heterocycles. The molecule has 2 nitrogen and oxygen atoms in total. The van der Waals surface area contributed by atoms with E-state index < -0.39 is 0 Å². The first-order valence-electron chi connectivity index (χ1n) is 6.51. The van der Waals surface area contributed by atoms with Crippen molar-refractivity contribution in [1.29, 1.82) is 0 Å². The van der Waals surface area contributed by atoms with Crippen LogP contribution in [0.5, 0.6) is 0 Å². The molecule has 2 rings (SSSR count). The molecule has 0 amide bonds. The van der Waals surface area contributed by atoms with Crippen LogP contribution in [0.25, 0.3) is 0 Å². The van der Waals surface area contributed by atoms with Gasteiger partial charge in [0.2, 0.25) is 0 Å². The van der Waals surface area contributed by atoms with Crippen LogP contribution in [-0.4, -0.2) is 9.97 Å². The van der Waals surface area contributed by atoms with Crippen molar-refractivity contribution >= 4 is 39.1 Å². The fraction of sp³-hybridized carbons (Fsp3) is 0.333. The number of hydrogen-bond donors (Lipinski definition) is 0. The third-order valence-corrected chi connectivity index (χ3v) is 4.58. The van der Waals surface area contributed by atoms with Crippen molar-refractivity contribution in [2.75, 3.05) is 0 Å². The Bertz CT molecular complexity index is 662. The maximum Gasteiger partial charge on any atom is 0.147 e. The lowest BCUT2D eigenvalue weighted by Gasteiger charge is -2.10. The van der Waals surface area contributed by atoms with Crippen molar-refractivity contribution in [2.24, 2.45) is 5.92 Å². The van der Waals surface area contributed by atoms with Gasteiger partial charge in [-0.1, -0.05) is 43.1 Å². The van der Waals surface area contributed by atoms with Gasteiger partial charge in [-0.2, -0.15) is 0 Å². The summed E-state index contributed by atoms with van der Waals surface area (Å²) in [6.07, 6.45) is 1.21. The van der Waals surface area contributed by atoms with E-state index >= 15 is 0 Å². The zero-order chi connectivity index (χ0) is 15.6. The first-order chi connectivity index (χ1) is 9.86. The summed E-state index contributed by atoms with van der Waals surface area (Å²) in [6.45, 7) is 4.22. The van der Waals surface area contributed by atoms with E-state index in [1.54, 1.807) is 6.07 Å². The lowest BCUT2D eigenvalue weighted by Crippen LogP contribution is -2.06. The molecule has 0 saturated carbocycles. The number of nitrogens with zero attached hydrogens (tertiary/aromatic N) is 2. The zero-order valence-corrected chi connectivity index (χ0v) is 14.7. The number of aromatic nitrogens is 2. The molecule has 0 N–H and O–H groups in total. The van der Waals surface area contributed by atoms with Crippen LogP contribution in [0.1, 0.15) is 30.9 Å². The molecule has 0 aliphatic rings. The van der Waals surface area contributed by atoms with Crippen LogP contribution in [0.4, 0.5) is 4.39 Å². The quantitative estimate of drug-likeness (QED) is 0.645. The molecule has 0 aliphatic carbocycles. The maximum absolute atomic E-state index is 13.1. The Labute approximate surface area is 141 Å². The molecule has 2 aromatic rings. The van der Waals surface area contributed by atoms with Crippen molar-refractivity contribution in [3.63, 3.8) is 0 Å². The number of halogens is 4. The van der Waals surface area contributed by atoms with Gasteiger partial charge in [0, 0.05) is 11.4 Å². The third-order valence-electron chi connectivity index (χ3n) is 2.89. The van der Waals surface area contributed by atoms with E-state index in [2.05, 4.69) is 39.7 Å². The smallest absolute Gasteiger partial charge is 0.147 e. The summed E-state index contributed by atoms with van der Waals surface area (Å²) in [5, 5.41) is 0.747. The summed E-state index contributed by atoms with van der Waals surface area (Å²) in [6, 6.07) is 4.29. The fourth-order valence-electron chi connectivity index (χ4n) is 1.95. The minimum Gasteiger partial charge on any atom is -0.236 e. The van der Waals surface area contributed by atoms with E-state index in [9.17, 15) is 4.39 Å². The first-order valence-corrected chi connectivity index (χ1v) is 8.06. The van der Waals surface area contributed by atoms with Crippen molar-refractivity contribution in [3.05, 3.63) is 55.7 Å². The Morgan fingerprint density at radius 1 is 1.24 bits per heavy atom. The second-order valence-corrected chi connectivity index (χ2v) is 6.76. The molecule has 0 atom stereocenters. The Hall–Kier alpha value is -0.710. The van der Waals surface area contributed by atoms with Crippen LogP contribution in [0.15, 0.2) is 22.7 Å². The van der Waals surface area contributed by atoms with E-state index in [4.69, 9.17) is 23.2 Å². The van der Waals surface area contributed by atoms with E-state index in [-0.39, 0.29) is 5.82 Å². The highest BCUT2D eigenvalue weighted by molar-refractivity contribution is 9.10. The second-order valence-electron chi connectivity index (χ2n) is 5.20. The summed E-state index contributed by atoms with van der Waals surface area (Å²) in [4.78, 5) is 8.79. The first kappa shape index (κ1) is 16.7. The summed E-state index contributed by atoms with van der Waals surface area (Å²) in [7, 11) is 0. The van der Waals surface area contributed by atoms with E-state index in [1.165, 1.54) is 12.1 Å². The molecule has 0 radical (unpaired) electrons. The number of benzene rings is 1. The summed E-state index contributed by atoms with van der Waals surface area (Å²) < 4.78 is 13.8. The molecule has 6 heteroatoms. The van der Waals surface area contributed by atoms with Gasteiger partial charge in [-0.25, -0.2) is 14.4 Å². The van der Waals surface area contributed by atoms with Crippen molar-refractivity contribution in [1.82, 2.24) is 9.97 Å². The maximum atomic E-state index is 13.1. The van der Waals surface area contributed by atoms with Gasteiger partial charge in [-0.3, -0.25) is 0 Å². The zero-order valence-electron chi connectivity index (χ0n) is 11.6. The van der Waals surface area contributed by atoms with Crippen LogP contribution in [0.2, 0.25) is 10.2 Å². The van der Waals surface area contributed by atoms with Gasteiger partial charge in [0.25, 0.3) is 0 Å². The third kappa shape index (κ3) is 4.38. The van der Waals surface area contributed by atoms with Crippen LogP contribution in [-0.2, 0) is 12.8 Å². The number of hydrogen-bond acceptors (Lipinski definition) is 2. The van der Waals surface area contributed by atoms with Crippen LogP contribution in [0.3, 0.4) is 0 Å². The minimum absolute atomic E-state index is 0.362. The molecule has 0 spiro atoms. The summed E-state index contributed by atoms with van der Waals surface area (Å²) >= 11 is 15.6. The van der Waals surface area contributed by atoms with Gasteiger partial charge >= 0.3 is 0 Å². The molecule has 0 fully saturated rings. The lowest BCUT2D eigenvalue weighted by atomic mass is 10.1. The van der Waals surface area contributed by atoms with Crippen LogP contribution >= 0.6 is 39.1 Å². The van der Waals surface area contributed by atoms with Crippen molar-refractivity contribution < 1.29 is 4.39 Å². The van der Waals surface area contributed by atoms with Gasteiger partial charge < -0.3 is 0 Å². The molecule has 1 heterocycles. The van der Waals surface area contributed by atoms with Gasteiger partial charge in [0.05, 0.1) is 10.2 Å². The fourth-order valence-corrected chi connectivity index (χ4v) is 2.73.